The Morgan fingerprint density at radius 2 is 0.968 bits per heavy atom. The molecule has 184 valence electrons. The molecule has 0 aliphatic carbocycles. The summed E-state index contributed by atoms with van der Waals surface area (Å²) in [7, 11) is -3.54. The third-order valence-electron chi connectivity index (χ3n) is 5.05. The molecule has 15 heteroatoms. The van der Waals surface area contributed by atoms with E-state index in [0.29, 0.717) is 0 Å². The minimum atomic E-state index is -3.54. The van der Waals surface area contributed by atoms with Gasteiger partial charge in [-0.05, 0) is 0 Å². The van der Waals surface area contributed by atoms with Crippen LogP contribution in [0.4, 0.5) is 0 Å². The molecule has 2 aliphatic rings. The molecule has 2 rings (SSSR count). The number of rotatable bonds is 10. The Bertz CT molecular complexity index is 600. The van der Waals surface area contributed by atoms with E-state index in [0.717, 1.165) is 23.5 Å². The number of ether oxygens (including phenoxy) is 2. The van der Waals surface area contributed by atoms with E-state index in [1.807, 2.05) is 0 Å². The van der Waals surface area contributed by atoms with Crippen molar-refractivity contribution in [3.8, 4) is 0 Å². The maximum absolute atomic E-state index is 12.3. The zero-order valence-corrected chi connectivity index (χ0v) is 18.9. The topological polar surface area (TPSA) is 214 Å². The van der Waals surface area contributed by atoms with Gasteiger partial charge in [-0.2, -0.15) is 0 Å². The monoisotopic (exact) mass is 510 g/mol. The van der Waals surface area contributed by atoms with Crippen LogP contribution in [0.15, 0.2) is 0 Å². The summed E-state index contributed by atoms with van der Waals surface area (Å²) in [5, 5.41) is 77.2. The summed E-state index contributed by atoms with van der Waals surface area (Å²) in [6.07, 6.45) is -11.1. The lowest BCUT2D eigenvalue weighted by Crippen LogP contribution is -2.57. The molecule has 0 aromatic heterocycles. The van der Waals surface area contributed by atoms with Crippen molar-refractivity contribution in [3.05, 3.63) is 0 Å². The molecule has 2 saturated heterocycles. The molecule has 12 nitrogen and oxygen atoms in total. The average molecular weight is 511 g/mol. The van der Waals surface area contributed by atoms with Crippen LogP contribution in [0.5, 0.6) is 0 Å². The van der Waals surface area contributed by atoms with Crippen LogP contribution in [0.25, 0.3) is 0 Å². The molecule has 0 bridgehead atoms. The van der Waals surface area contributed by atoms with Gasteiger partial charge in [0.1, 0.15) is 59.7 Å². The van der Waals surface area contributed by atoms with Crippen LogP contribution < -0.4 is 0 Å². The minimum Gasteiger partial charge on any atom is -0.394 e. The first-order chi connectivity index (χ1) is 14.5. The van der Waals surface area contributed by atoms with Crippen molar-refractivity contribution in [3.63, 3.8) is 0 Å². The molecule has 2 fully saturated rings. The molecule has 0 aromatic carbocycles. The molecule has 0 radical (unpaired) electrons. The first-order valence-corrected chi connectivity index (χ1v) is 13.5. The second kappa shape index (κ2) is 12.1. The van der Waals surface area contributed by atoms with Crippen molar-refractivity contribution >= 4 is 33.4 Å². The molecule has 31 heavy (non-hydrogen) atoms. The molecule has 0 saturated carbocycles. The molecule has 2 aliphatic heterocycles. The SMILES string of the molecule is O=S(=O)(CCS[C@@H]1O[C@H](CO)[C@@H](O)[C@H](O)[C@H]1O)CCS[C@@H]1O[C@H](CO)[C@@H](O)[C@H](O)[C@H]1O. The second-order valence-electron chi connectivity index (χ2n) is 7.29. The van der Waals surface area contributed by atoms with Crippen LogP contribution in [0, 0.1) is 0 Å². The lowest BCUT2D eigenvalue weighted by Gasteiger charge is -2.39. The molecule has 0 spiro atoms. The number of aliphatic hydroxyl groups is 8. The molecular formula is C16H30O12S3. The Morgan fingerprint density at radius 3 is 1.29 bits per heavy atom. The van der Waals surface area contributed by atoms with Crippen LogP contribution in [0.1, 0.15) is 0 Å². The van der Waals surface area contributed by atoms with Crippen molar-refractivity contribution in [2.24, 2.45) is 0 Å². The Balaban J connectivity index is 1.77. The summed E-state index contributed by atoms with van der Waals surface area (Å²) in [6.45, 7) is -1.15. The summed E-state index contributed by atoms with van der Waals surface area (Å²) in [5.74, 6) is -0.505. The van der Waals surface area contributed by atoms with Crippen LogP contribution in [0.2, 0.25) is 0 Å². The zero-order valence-electron chi connectivity index (χ0n) is 16.5. The molecule has 0 aromatic rings. The predicted octanol–water partition coefficient (Wildman–Crippen LogP) is -4.53. The Morgan fingerprint density at radius 1 is 0.613 bits per heavy atom. The van der Waals surface area contributed by atoms with Crippen LogP contribution in [-0.4, -0.2) is 145 Å². The quantitative estimate of drug-likeness (QED) is 0.139. The van der Waals surface area contributed by atoms with Gasteiger partial charge in [-0.25, -0.2) is 8.42 Å². The van der Waals surface area contributed by atoms with E-state index in [1.165, 1.54) is 0 Å². The van der Waals surface area contributed by atoms with Crippen molar-refractivity contribution < 1.29 is 58.7 Å². The van der Waals surface area contributed by atoms with Crippen molar-refractivity contribution in [1.82, 2.24) is 0 Å². The van der Waals surface area contributed by atoms with Crippen LogP contribution in [0.3, 0.4) is 0 Å². The van der Waals surface area contributed by atoms with Gasteiger partial charge in [0.25, 0.3) is 0 Å². The maximum atomic E-state index is 12.3. The molecule has 0 amide bonds. The summed E-state index contributed by atoms with van der Waals surface area (Å²) < 4.78 is 35.1. The van der Waals surface area contributed by atoms with Crippen LogP contribution >= 0.6 is 23.5 Å². The van der Waals surface area contributed by atoms with E-state index in [9.17, 15) is 39.1 Å². The number of hydrogen-bond acceptors (Lipinski definition) is 14. The fraction of sp³-hybridized carbons (Fsp3) is 1.00. The number of thioether (sulfide) groups is 2. The van der Waals surface area contributed by atoms with E-state index < -0.39 is 82.8 Å². The highest BCUT2D eigenvalue weighted by molar-refractivity contribution is 8.02. The molecule has 8 N–H and O–H groups in total. The van der Waals surface area contributed by atoms with E-state index in [1.54, 1.807) is 0 Å². The van der Waals surface area contributed by atoms with Crippen LogP contribution in [-0.2, 0) is 19.3 Å². The highest BCUT2D eigenvalue weighted by Crippen LogP contribution is 2.30. The zero-order chi connectivity index (χ0) is 23.3. The lowest BCUT2D eigenvalue weighted by molar-refractivity contribution is -0.205. The summed E-state index contributed by atoms with van der Waals surface area (Å²) >= 11 is 1.86. The van der Waals surface area contributed by atoms with Crippen molar-refractivity contribution in [2.45, 2.75) is 59.7 Å². The van der Waals surface area contributed by atoms with Gasteiger partial charge in [-0.15, -0.1) is 23.5 Å². The average Bonchev–Trinajstić information content (AvgIpc) is 2.73. The van der Waals surface area contributed by atoms with Crippen molar-refractivity contribution in [2.75, 3.05) is 36.2 Å². The van der Waals surface area contributed by atoms with E-state index in [-0.39, 0.29) is 23.0 Å². The van der Waals surface area contributed by atoms with E-state index in [4.69, 9.17) is 19.7 Å². The Kier molecular flexibility index (Phi) is 10.7. The largest absolute Gasteiger partial charge is 0.394 e. The van der Waals surface area contributed by atoms with Gasteiger partial charge < -0.3 is 50.3 Å². The Labute approximate surface area is 188 Å². The standard InChI is InChI=1S/C16H30O12S3/c17-5-7-9(19)11(21)13(23)15(27-7)29-1-3-31(25,26)4-2-30-16-14(24)12(22)10(20)8(6-18)28-16/h7-24H,1-6H2/t7-,8-,9-,10-,11+,12+,13-,14-,15+,16+/m1/s1. The minimum absolute atomic E-state index is 0.0235. The lowest BCUT2D eigenvalue weighted by atomic mass is 10.0. The first-order valence-electron chi connectivity index (χ1n) is 9.57. The smallest absolute Gasteiger partial charge is 0.151 e. The third-order valence-corrected chi connectivity index (χ3v) is 9.54. The normalized spacial score (nSPS) is 41.9. The van der Waals surface area contributed by atoms with Gasteiger partial charge in [0, 0.05) is 11.5 Å². The highest BCUT2D eigenvalue weighted by atomic mass is 32.2. The second-order valence-corrected chi connectivity index (χ2v) is 12.0. The first kappa shape index (κ1) is 27.5. The third kappa shape index (κ3) is 7.11. The van der Waals surface area contributed by atoms with E-state index in [2.05, 4.69) is 0 Å². The summed E-state index contributed by atoms with van der Waals surface area (Å²) in [6, 6.07) is 0. The fourth-order valence-electron chi connectivity index (χ4n) is 3.09. The molecule has 0 unspecified atom stereocenters. The number of hydrogen-bond donors (Lipinski definition) is 8. The number of aliphatic hydroxyl groups excluding tert-OH is 8. The fourth-order valence-corrected chi connectivity index (χ4v) is 7.72. The molecule has 2 heterocycles. The maximum Gasteiger partial charge on any atom is 0.151 e. The highest BCUT2D eigenvalue weighted by Gasteiger charge is 2.44. The van der Waals surface area contributed by atoms with Gasteiger partial charge in [0.15, 0.2) is 9.84 Å². The molecular weight excluding hydrogens is 480 g/mol. The van der Waals surface area contributed by atoms with Gasteiger partial charge >= 0.3 is 0 Å². The number of sulfone groups is 1. The van der Waals surface area contributed by atoms with Gasteiger partial charge in [0.2, 0.25) is 0 Å². The van der Waals surface area contributed by atoms with Gasteiger partial charge in [-0.3, -0.25) is 0 Å². The van der Waals surface area contributed by atoms with Gasteiger partial charge in [-0.1, -0.05) is 0 Å². The summed E-state index contributed by atoms with van der Waals surface area (Å²) in [4.78, 5) is 0. The summed E-state index contributed by atoms with van der Waals surface area (Å²) in [5.41, 5.74) is -2.04. The predicted molar refractivity (Wildman–Crippen MR) is 111 cm³/mol. The molecule has 10 atom stereocenters. The van der Waals surface area contributed by atoms with E-state index >= 15 is 0 Å². The Hall–Kier alpha value is 0.250. The van der Waals surface area contributed by atoms with Gasteiger partial charge in [0.05, 0.1) is 24.7 Å². The van der Waals surface area contributed by atoms with Crippen molar-refractivity contribution in [1.29, 1.82) is 0 Å².